The lowest BCUT2D eigenvalue weighted by atomic mass is 10.1. The highest BCUT2D eigenvalue weighted by Gasteiger charge is 2.18. The predicted octanol–water partition coefficient (Wildman–Crippen LogP) is 4.75. The van der Waals surface area contributed by atoms with E-state index in [-0.39, 0.29) is 22.1 Å². The van der Waals surface area contributed by atoms with Crippen molar-refractivity contribution in [2.75, 3.05) is 5.43 Å². The van der Waals surface area contributed by atoms with E-state index in [9.17, 15) is 9.59 Å². The Labute approximate surface area is 210 Å². The lowest BCUT2D eigenvalue weighted by molar-refractivity contribution is 0.106. The number of thiocyanates is 1. The molecule has 0 aliphatic heterocycles. The van der Waals surface area contributed by atoms with Crippen LogP contribution in [-0.4, -0.2) is 30.4 Å². The van der Waals surface area contributed by atoms with Crippen molar-refractivity contribution in [2.45, 2.75) is 13.8 Å². The van der Waals surface area contributed by atoms with Crippen LogP contribution in [-0.2, 0) is 7.05 Å². The third-order valence-electron chi connectivity index (χ3n) is 5.32. The summed E-state index contributed by atoms with van der Waals surface area (Å²) in [6, 6.07) is 17.7. The predicted molar refractivity (Wildman–Crippen MR) is 138 cm³/mol. The van der Waals surface area contributed by atoms with Crippen molar-refractivity contribution in [3.05, 3.63) is 88.0 Å². The number of anilines is 1. The van der Waals surface area contributed by atoms with Crippen molar-refractivity contribution in [1.29, 1.82) is 5.26 Å². The number of nitrogens with one attached hydrogen (secondary N) is 2. The first-order valence-corrected chi connectivity index (χ1v) is 11.5. The number of H-pyrrole nitrogens is 1. The zero-order valence-electron chi connectivity index (χ0n) is 19.6. The Balaban J connectivity index is 1.64. The van der Waals surface area contributed by atoms with Crippen molar-refractivity contribution in [3.8, 4) is 11.1 Å². The van der Waals surface area contributed by atoms with Crippen LogP contribution in [0, 0.1) is 24.5 Å². The van der Waals surface area contributed by atoms with Crippen LogP contribution in [0.5, 0.6) is 0 Å². The molecule has 180 valence electrons. The second-order valence-electron chi connectivity index (χ2n) is 7.57. The Hall–Kier alpha value is -4.76. The summed E-state index contributed by atoms with van der Waals surface area (Å²) >= 11 is 0.632. The van der Waals surface area contributed by atoms with Crippen LogP contribution in [0.4, 0.5) is 17.2 Å². The number of nitriles is 1. The number of aromatic amines is 1. The minimum atomic E-state index is -0.411. The van der Waals surface area contributed by atoms with Crippen LogP contribution in [0.25, 0.3) is 5.69 Å². The fraction of sp³-hybridized carbons (Fsp3) is 0.125. The van der Waals surface area contributed by atoms with Gasteiger partial charge in [-0.3, -0.25) is 24.8 Å². The standard InChI is InChI=1S/C24H21N9O2S/c1-15-19(27-28-20-16(2)32(3)33(24(20)35)18-12-8-5-9-13-18)22(29-26-15)30-31-23(36-14-25)21(34)17-10-6-4-7-11-17/h4-13H,1-3H3,(H2,26,29,30)/b28-27?,31-23-. The average molecular weight is 500 g/mol. The van der Waals surface area contributed by atoms with Crippen LogP contribution in [0.1, 0.15) is 21.7 Å². The van der Waals surface area contributed by atoms with E-state index in [0.29, 0.717) is 40.1 Å². The van der Waals surface area contributed by atoms with E-state index in [1.54, 1.807) is 55.9 Å². The summed E-state index contributed by atoms with van der Waals surface area (Å²) in [5, 5.41) is 30.4. The molecule has 0 saturated carbocycles. The number of rotatable bonds is 7. The molecule has 0 spiro atoms. The van der Waals surface area contributed by atoms with Gasteiger partial charge in [0.1, 0.15) is 5.40 Å². The van der Waals surface area contributed by atoms with E-state index in [0.717, 1.165) is 0 Å². The van der Waals surface area contributed by atoms with E-state index < -0.39 is 5.78 Å². The number of hydrogen-bond acceptors (Lipinski definition) is 9. The molecule has 0 radical (unpaired) electrons. The molecule has 36 heavy (non-hydrogen) atoms. The second kappa shape index (κ2) is 10.7. The number of ketones is 1. The molecule has 4 rings (SSSR count). The van der Waals surface area contributed by atoms with Crippen molar-refractivity contribution >= 4 is 39.8 Å². The van der Waals surface area contributed by atoms with Crippen LogP contribution in [0.15, 0.2) is 80.8 Å². The summed E-state index contributed by atoms with van der Waals surface area (Å²) in [7, 11) is 1.77. The molecule has 12 heteroatoms. The molecule has 4 aromatic rings. The maximum atomic E-state index is 13.1. The van der Waals surface area contributed by atoms with Gasteiger partial charge < -0.3 is 0 Å². The summed E-state index contributed by atoms with van der Waals surface area (Å²) in [5.74, 6) is -0.225. The van der Waals surface area contributed by atoms with E-state index in [4.69, 9.17) is 5.26 Å². The number of thioether (sulfide) groups is 1. The quantitative estimate of drug-likeness (QED) is 0.0937. The van der Waals surface area contributed by atoms with Gasteiger partial charge in [0.15, 0.2) is 22.2 Å². The minimum Gasteiger partial charge on any atom is -0.286 e. The van der Waals surface area contributed by atoms with E-state index >= 15 is 0 Å². The fourth-order valence-corrected chi connectivity index (χ4v) is 3.76. The molecular formula is C24H21N9O2S. The number of carbonyl (C=O) groups excluding carboxylic acids is 1. The van der Waals surface area contributed by atoms with Gasteiger partial charge >= 0.3 is 0 Å². The molecule has 2 aromatic carbocycles. The Morgan fingerprint density at radius 3 is 2.36 bits per heavy atom. The normalized spacial score (nSPS) is 11.6. The first-order chi connectivity index (χ1) is 17.4. The molecule has 2 heterocycles. The third-order valence-corrected chi connectivity index (χ3v) is 5.89. The number of hydrazone groups is 1. The zero-order valence-corrected chi connectivity index (χ0v) is 20.4. The lowest BCUT2D eigenvalue weighted by Gasteiger charge is -2.07. The molecule has 11 nitrogen and oxygen atoms in total. The summed E-state index contributed by atoms with van der Waals surface area (Å²) in [6.07, 6.45) is 0. The van der Waals surface area contributed by atoms with Gasteiger partial charge in [0.05, 0.1) is 17.1 Å². The van der Waals surface area contributed by atoms with Crippen molar-refractivity contribution in [2.24, 2.45) is 22.4 Å². The number of Topliss-reactive ketones (excluding diaryl/α,β-unsaturated/α-hetero) is 1. The molecule has 0 bridgehead atoms. The average Bonchev–Trinajstić information content (AvgIpc) is 3.36. The smallest absolute Gasteiger partial charge is 0.286 e. The van der Waals surface area contributed by atoms with Gasteiger partial charge in [-0.1, -0.05) is 48.5 Å². The van der Waals surface area contributed by atoms with Crippen molar-refractivity contribution in [1.82, 2.24) is 19.6 Å². The first-order valence-electron chi connectivity index (χ1n) is 10.7. The fourth-order valence-electron chi connectivity index (χ4n) is 3.37. The number of hydrogen-bond donors (Lipinski definition) is 2. The Morgan fingerprint density at radius 2 is 1.69 bits per heavy atom. The number of carbonyl (C=O) groups is 1. The third kappa shape index (κ3) is 4.86. The summed E-state index contributed by atoms with van der Waals surface area (Å²) in [6.45, 7) is 3.51. The molecule has 2 N–H and O–H groups in total. The molecule has 0 unspecified atom stereocenters. The van der Waals surface area contributed by atoms with E-state index in [2.05, 4.69) is 31.0 Å². The van der Waals surface area contributed by atoms with Crippen LogP contribution in [0.3, 0.4) is 0 Å². The molecule has 0 aliphatic rings. The Morgan fingerprint density at radius 1 is 1.06 bits per heavy atom. The number of benzene rings is 2. The topological polar surface area (TPSA) is 146 Å². The van der Waals surface area contributed by atoms with Gasteiger partial charge in [0.25, 0.3) is 5.56 Å². The maximum absolute atomic E-state index is 13.1. The highest BCUT2D eigenvalue weighted by atomic mass is 32.2. The number of aryl methyl sites for hydroxylation is 1. The van der Waals surface area contributed by atoms with Gasteiger partial charge in [-0.2, -0.15) is 15.5 Å². The molecule has 2 aromatic heterocycles. The molecular weight excluding hydrogens is 478 g/mol. The van der Waals surface area contributed by atoms with Gasteiger partial charge in [-0.05, 0) is 26.0 Å². The molecule has 0 atom stereocenters. The van der Waals surface area contributed by atoms with E-state index in [1.807, 2.05) is 35.7 Å². The second-order valence-corrected chi connectivity index (χ2v) is 8.35. The summed E-state index contributed by atoms with van der Waals surface area (Å²) in [5.41, 5.74) is 5.15. The minimum absolute atomic E-state index is 0.0584. The number of para-hydroxylation sites is 1. The maximum Gasteiger partial charge on any atom is 0.299 e. The van der Waals surface area contributed by atoms with Gasteiger partial charge in [-0.25, -0.2) is 4.68 Å². The highest BCUT2D eigenvalue weighted by Crippen LogP contribution is 2.29. The van der Waals surface area contributed by atoms with Crippen LogP contribution < -0.4 is 11.0 Å². The number of nitrogens with zero attached hydrogens (tertiary/aromatic N) is 7. The largest absolute Gasteiger partial charge is 0.299 e. The van der Waals surface area contributed by atoms with Gasteiger partial charge in [0.2, 0.25) is 5.78 Å². The van der Waals surface area contributed by atoms with Crippen LogP contribution in [0.2, 0.25) is 0 Å². The van der Waals surface area contributed by atoms with Crippen LogP contribution >= 0.6 is 11.8 Å². The van der Waals surface area contributed by atoms with Gasteiger partial charge in [-0.15, -0.1) is 10.2 Å². The summed E-state index contributed by atoms with van der Waals surface area (Å²) in [4.78, 5) is 25.8. The van der Waals surface area contributed by atoms with Gasteiger partial charge in [0, 0.05) is 24.4 Å². The SMILES string of the molecule is Cc1[nH]nc(N/N=C(\SC#N)C(=O)c2ccccc2)c1N=Nc1c(C)n(C)n(-c2ccccc2)c1=O. The first kappa shape index (κ1) is 24.4. The monoisotopic (exact) mass is 499 g/mol. The molecule has 0 amide bonds. The molecule has 0 aliphatic carbocycles. The Bertz CT molecular complexity index is 1560. The lowest BCUT2D eigenvalue weighted by Crippen LogP contribution is -2.19. The van der Waals surface area contributed by atoms with Crippen molar-refractivity contribution < 1.29 is 4.79 Å². The Kier molecular flexibility index (Phi) is 7.22. The van der Waals surface area contributed by atoms with Crippen molar-refractivity contribution in [3.63, 3.8) is 0 Å². The molecule has 0 saturated heterocycles. The summed E-state index contributed by atoms with van der Waals surface area (Å²) < 4.78 is 3.22. The molecule has 0 fully saturated rings. The van der Waals surface area contributed by atoms with E-state index in [1.165, 1.54) is 4.68 Å². The number of azo groups is 1. The highest BCUT2D eigenvalue weighted by molar-refractivity contribution is 8.19. The number of aromatic nitrogens is 4. The zero-order chi connectivity index (χ0) is 25.7.